The first-order valence-corrected chi connectivity index (χ1v) is 8.56. The predicted octanol–water partition coefficient (Wildman–Crippen LogP) is 3.53. The molecule has 1 fully saturated rings. The molecule has 0 aliphatic carbocycles. The van der Waals surface area contributed by atoms with Gasteiger partial charge in [-0.25, -0.2) is 4.79 Å². The standard InChI is InChI=1S/C21H20O5/c1-13-3-4-15(9-19(13)23-2)8-17-16(11-24-21(17)22)7-14-5-6-18-20(10-14)26-12-25-18/h3-6,8-10,16H,7,11-12H2,1-2H3/b17-8+/t16-/m0/s1. The van der Waals surface area contributed by atoms with E-state index in [1.807, 2.05) is 49.4 Å². The van der Waals surface area contributed by atoms with E-state index in [1.54, 1.807) is 7.11 Å². The lowest BCUT2D eigenvalue weighted by Gasteiger charge is -2.10. The molecule has 0 amide bonds. The predicted molar refractivity (Wildman–Crippen MR) is 96.4 cm³/mol. The average molecular weight is 352 g/mol. The molecule has 0 N–H and O–H groups in total. The average Bonchev–Trinajstić information content (AvgIpc) is 3.24. The van der Waals surface area contributed by atoms with Gasteiger partial charge in [0.15, 0.2) is 11.5 Å². The summed E-state index contributed by atoms with van der Waals surface area (Å²) in [6.45, 7) is 2.63. The molecule has 0 saturated carbocycles. The van der Waals surface area contributed by atoms with E-state index in [1.165, 1.54) is 0 Å². The minimum Gasteiger partial charge on any atom is -0.496 e. The highest BCUT2D eigenvalue weighted by Gasteiger charge is 2.31. The van der Waals surface area contributed by atoms with Gasteiger partial charge in [-0.05, 0) is 54.3 Å². The summed E-state index contributed by atoms with van der Waals surface area (Å²) in [6.07, 6.45) is 2.60. The van der Waals surface area contributed by atoms with Gasteiger partial charge in [0, 0.05) is 11.5 Å². The largest absolute Gasteiger partial charge is 0.496 e. The lowest BCUT2D eigenvalue weighted by atomic mass is 9.92. The molecule has 0 spiro atoms. The van der Waals surface area contributed by atoms with Gasteiger partial charge in [0.25, 0.3) is 0 Å². The second kappa shape index (κ2) is 6.75. The summed E-state index contributed by atoms with van der Waals surface area (Å²) >= 11 is 0. The normalized spacial score (nSPS) is 19.7. The van der Waals surface area contributed by atoms with Gasteiger partial charge in [0.2, 0.25) is 6.79 Å². The van der Waals surface area contributed by atoms with E-state index in [9.17, 15) is 4.79 Å². The van der Waals surface area contributed by atoms with Crippen molar-refractivity contribution in [2.45, 2.75) is 13.3 Å². The molecular weight excluding hydrogens is 332 g/mol. The molecule has 2 aliphatic heterocycles. The summed E-state index contributed by atoms with van der Waals surface area (Å²) in [7, 11) is 1.64. The molecule has 5 nitrogen and oxygen atoms in total. The van der Waals surface area contributed by atoms with Crippen molar-refractivity contribution in [3.05, 3.63) is 58.7 Å². The number of aryl methyl sites for hydroxylation is 1. The summed E-state index contributed by atoms with van der Waals surface area (Å²) in [5.41, 5.74) is 3.76. The zero-order valence-electron chi connectivity index (χ0n) is 14.8. The number of methoxy groups -OCH3 is 1. The smallest absolute Gasteiger partial charge is 0.334 e. The van der Waals surface area contributed by atoms with Crippen molar-refractivity contribution < 1.29 is 23.7 Å². The van der Waals surface area contributed by atoms with Crippen LogP contribution >= 0.6 is 0 Å². The number of hydrogen-bond donors (Lipinski definition) is 0. The van der Waals surface area contributed by atoms with Gasteiger partial charge in [-0.2, -0.15) is 0 Å². The second-order valence-corrected chi connectivity index (χ2v) is 6.52. The van der Waals surface area contributed by atoms with E-state index in [4.69, 9.17) is 18.9 Å². The molecule has 0 unspecified atom stereocenters. The highest BCUT2D eigenvalue weighted by molar-refractivity contribution is 5.96. The van der Waals surface area contributed by atoms with Crippen molar-refractivity contribution in [2.75, 3.05) is 20.5 Å². The molecule has 26 heavy (non-hydrogen) atoms. The van der Waals surface area contributed by atoms with Crippen LogP contribution in [0.3, 0.4) is 0 Å². The number of carbonyl (C=O) groups is 1. The van der Waals surface area contributed by atoms with E-state index in [0.717, 1.165) is 33.9 Å². The summed E-state index contributed by atoms with van der Waals surface area (Å²) < 4.78 is 21.5. The van der Waals surface area contributed by atoms with E-state index in [-0.39, 0.29) is 18.7 Å². The fraction of sp³-hybridized carbons (Fsp3) is 0.286. The minimum atomic E-state index is -0.254. The summed E-state index contributed by atoms with van der Waals surface area (Å²) in [4.78, 5) is 12.2. The topological polar surface area (TPSA) is 54.0 Å². The van der Waals surface area contributed by atoms with Crippen LogP contribution in [0.2, 0.25) is 0 Å². The molecule has 2 aromatic carbocycles. The van der Waals surface area contributed by atoms with E-state index in [0.29, 0.717) is 18.6 Å². The Bertz CT molecular complexity index is 884. The quantitative estimate of drug-likeness (QED) is 0.622. The van der Waals surface area contributed by atoms with Gasteiger partial charge in [0.05, 0.1) is 13.7 Å². The van der Waals surface area contributed by atoms with Crippen LogP contribution in [0.15, 0.2) is 42.0 Å². The van der Waals surface area contributed by atoms with Gasteiger partial charge < -0.3 is 18.9 Å². The van der Waals surface area contributed by atoms with Crippen LogP contribution in [-0.2, 0) is 16.0 Å². The first-order valence-electron chi connectivity index (χ1n) is 8.56. The van der Waals surface area contributed by atoms with Crippen molar-refractivity contribution in [3.8, 4) is 17.2 Å². The van der Waals surface area contributed by atoms with Crippen LogP contribution in [0.25, 0.3) is 6.08 Å². The van der Waals surface area contributed by atoms with Gasteiger partial charge >= 0.3 is 5.97 Å². The Morgan fingerprint density at radius 1 is 1.12 bits per heavy atom. The zero-order chi connectivity index (χ0) is 18.1. The van der Waals surface area contributed by atoms with Gasteiger partial charge in [0.1, 0.15) is 5.75 Å². The number of fused-ring (bicyclic) bond motifs is 1. The molecule has 1 atom stereocenters. The number of rotatable bonds is 4. The fourth-order valence-electron chi connectivity index (χ4n) is 3.32. The second-order valence-electron chi connectivity index (χ2n) is 6.52. The Morgan fingerprint density at radius 2 is 1.96 bits per heavy atom. The molecule has 0 bridgehead atoms. The van der Waals surface area contributed by atoms with Crippen molar-refractivity contribution >= 4 is 12.0 Å². The summed E-state index contributed by atoms with van der Waals surface area (Å²) in [5, 5.41) is 0. The number of benzene rings is 2. The first kappa shape index (κ1) is 16.5. The summed E-state index contributed by atoms with van der Waals surface area (Å²) in [6, 6.07) is 11.8. The Hall–Kier alpha value is -2.95. The van der Waals surface area contributed by atoms with Gasteiger partial charge in [-0.15, -0.1) is 0 Å². The van der Waals surface area contributed by atoms with Crippen molar-refractivity contribution in [3.63, 3.8) is 0 Å². The third kappa shape index (κ3) is 3.12. The van der Waals surface area contributed by atoms with Crippen LogP contribution in [0.5, 0.6) is 17.2 Å². The van der Waals surface area contributed by atoms with Gasteiger partial charge in [-0.1, -0.05) is 18.2 Å². The van der Waals surface area contributed by atoms with E-state index < -0.39 is 0 Å². The first-order chi connectivity index (χ1) is 12.6. The molecule has 134 valence electrons. The maximum absolute atomic E-state index is 12.2. The maximum Gasteiger partial charge on any atom is 0.334 e. The van der Waals surface area contributed by atoms with Crippen LogP contribution in [0.1, 0.15) is 16.7 Å². The zero-order valence-corrected chi connectivity index (χ0v) is 14.8. The van der Waals surface area contributed by atoms with Crippen LogP contribution in [0.4, 0.5) is 0 Å². The molecule has 1 saturated heterocycles. The molecule has 0 radical (unpaired) electrons. The SMILES string of the molecule is COc1cc(/C=C2/C(=O)OC[C@@H]2Cc2ccc3c(c2)OCO3)ccc1C. The molecule has 0 aromatic heterocycles. The Kier molecular flexibility index (Phi) is 4.29. The van der Waals surface area contributed by atoms with Crippen molar-refractivity contribution in [1.82, 2.24) is 0 Å². The van der Waals surface area contributed by atoms with E-state index >= 15 is 0 Å². The van der Waals surface area contributed by atoms with Crippen LogP contribution in [0, 0.1) is 12.8 Å². The van der Waals surface area contributed by atoms with Crippen molar-refractivity contribution in [1.29, 1.82) is 0 Å². The third-order valence-electron chi connectivity index (χ3n) is 4.76. The minimum absolute atomic E-state index is 0.00942. The monoisotopic (exact) mass is 352 g/mol. The number of cyclic esters (lactones) is 1. The fourth-order valence-corrected chi connectivity index (χ4v) is 3.32. The Labute approximate surface area is 152 Å². The highest BCUT2D eigenvalue weighted by Crippen LogP contribution is 2.35. The maximum atomic E-state index is 12.2. The molecule has 2 aliphatic rings. The molecular formula is C21H20O5. The molecule has 2 aromatic rings. The molecule has 4 rings (SSSR count). The molecule has 5 heteroatoms. The number of hydrogen-bond acceptors (Lipinski definition) is 5. The van der Waals surface area contributed by atoms with Crippen molar-refractivity contribution in [2.24, 2.45) is 5.92 Å². The Balaban J connectivity index is 1.59. The third-order valence-corrected chi connectivity index (χ3v) is 4.76. The number of esters is 1. The lowest BCUT2D eigenvalue weighted by Crippen LogP contribution is -2.07. The molecule has 2 heterocycles. The number of carbonyl (C=O) groups excluding carboxylic acids is 1. The summed E-state index contributed by atoms with van der Waals surface area (Å²) in [5.74, 6) is 2.07. The van der Waals surface area contributed by atoms with Gasteiger partial charge in [-0.3, -0.25) is 0 Å². The Morgan fingerprint density at radius 3 is 2.81 bits per heavy atom. The van der Waals surface area contributed by atoms with Crippen LogP contribution in [-0.4, -0.2) is 26.5 Å². The lowest BCUT2D eigenvalue weighted by molar-refractivity contribution is -0.135. The van der Waals surface area contributed by atoms with Crippen LogP contribution < -0.4 is 14.2 Å². The number of ether oxygens (including phenoxy) is 4. The van der Waals surface area contributed by atoms with E-state index in [2.05, 4.69) is 0 Å². The highest BCUT2D eigenvalue weighted by atomic mass is 16.7.